The van der Waals surface area contributed by atoms with E-state index >= 15 is 0 Å². The summed E-state index contributed by atoms with van der Waals surface area (Å²) in [6, 6.07) is 24.3. The van der Waals surface area contributed by atoms with Crippen molar-refractivity contribution in [1.82, 2.24) is 4.98 Å². The molecular weight excluding hydrogens is 645 g/mol. The van der Waals surface area contributed by atoms with Gasteiger partial charge < -0.3 is 22.2 Å². The monoisotopic (exact) mass is 706 g/mol. The number of benzene rings is 3. The smallest absolute Gasteiger partial charge is 0.0861 e. The molecule has 0 fully saturated rings. The van der Waals surface area contributed by atoms with Gasteiger partial charge in [0.1, 0.15) is 0 Å². The minimum absolute atomic E-state index is 0.117. The van der Waals surface area contributed by atoms with Crippen LogP contribution in [0.25, 0.3) is 22.6 Å². The lowest BCUT2D eigenvalue weighted by molar-refractivity contribution is 0.467. The summed E-state index contributed by atoms with van der Waals surface area (Å²) in [7, 11) is 1.50. The maximum absolute atomic E-state index is 7.27. The Bertz CT molecular complexity index is 1910. The first-order valence-electron chi connectivity index (χ1n) is 19.3. The van der Waals surface area contributed by atoms with Crippen molar-refractivity contribution in [2.45, 2.75) is 77.8 Å². The molecule has 0 spiro atoms. The zero-order valence-electron chi connectivity index (χ0n) is 32.9. The van der Waals surface area contributed by atoms with E-state index in [1.54, 1.807) is 17.7 Å². The van der Waals surface area contributed by atoms with Gasteiger partial charge in [-0.1, -0.05) is 187 Å². The van der Waals surface area contributed by atoms with E-state index in [0.29, 0.717) is 0 Å². The molecule has 3 aliphatic rings. The zero-order valence-corrected chi connectivity index (χ0v) is 32.9. The van der Waals surface area contributed by atoms with Gasteiger partial charge in [0.05, 0.1) is 11.6 Å². The molecule has 0 aliphatic heterocycles. The summed E-state index contributed by atoms with van der Waals surface area (Å²) in [5.74, 6) is 0.117. The highest BCUT2D eigenvalue weighted by Gasteiger charge is 2.38. The number of H-pyrrole nitrogens is 1. The molecule has 4 nitrogen and oxygen atoms in total. The Morgan fingerprint density at radius 3 is 2.11 bits per heavy atom. The predicted octanol–water partition coefficient (Wildman–Crippen LogP) is 11.6. The van der Waals surface area contributed by atoms with Gasteiger partial charge in [-0.05, 0) is 72.2 Å². The number of nitrogens with two attached hydrogens (primary N) is 3. The minimum Gasteiger partial charge on any atom is -0.357 e. The summed E-state index contributed by atoms with van der Waals surface area (Å²) in [4.78, 5) is 3.76. The fourth-order valence-corrected chi connectivity index (χ4v) is 7.17. The topological polar surface area (TPSA) is 93.8 Å². The van der Waals surface area contributed by atoms with Gasteiger partial charge in [0.15, 0.2) is 0 Å². The number of rotatable bonds is 9. The van der Waals surface area contributed by atoms with Gasteiger partial charge in [0.2, 0.25) is 0 Å². The standard InChI is InChI=1S/C38H35N3.C6H10.2C2H6.CH5N/c1-2-11-26(37(39)38(40,29-13-5-3-6-14-29)30-15-7-4-8-16-30)19-18-25-20-22-32-35-33(41-36(25)32)23-21-28-24-27-12-9-10-17-31(27)34(28)35;1-3-5-6-4-2;3*1-2/h2-8,10-11,13-23,25,37,41H,1,9,12,24,39-40H2;3,5-6H,1,4H2,2H3;2*1-2H3;2H2,1H3/b19-18-,26-11+;6-5-;;;. The van der Waals surface area contributed by atoms with Crippen LogP contribution in [-0.4, -0.2) is 18.1 Å². The lowest BCUT2D eigenvalue weighted by Crippen LogP contribution is -2.54. The number of fused-ring (bicyclic) bond motifs is 6. The van der Waals surface area contributed by atoms with Crippen molar-refractivity contribution < 1.29 is 0 Å². The molecule has 53 heavy (non-hydrogen) atoms. The van der Waals surface area contributed by atoms with E-state index in [4.69, 9.17) is 11.5 Å². The van der Waals surface area contributed by atoms with Gasteiger partial charge in [-0.2, -0.15) is 0 Å². The van der Waals surface area contributed by atoms with E-state index < -0.39 is 11.6 Å². The van der Waals surface area contributed by atoms with Crippen LogP contribution < -0.4 is 17.2 Å². The zero-order chi connectivity index (χ0) is 38.8. The lowest BCUT2D eigenvalue weighted by atomic mass is 9.75. The van der Waals surface area contributed by atoms with Crippen molar-refractivity contribution in [3.8, 4) is 0 Å². The van der Waals surface area contributed by atoms with Gasteiger partial charge in [-0.25, -0.2) is 0 Å². The van der Waals surface area contributed by atoms with Gasteiger partial charge >= 0.3 is 0 Å². The molecule has 2 unspecified atom stereocenters. The first kappa shape index (κ1) is 42.4. The molecule has 0 radical (unpaired) electrons. The van der Waals surface area contributed by atoms with E-state index in [2.05, 4.69) is 110 Å². The lowest BCUT2D eigenvalue weighted by Gasteiger charge is -2.37. The second-order valence-corrected chi connectivity index (χ2v) is 12.4. The van der Waals surface area contributed by atoms with E-state index in [0.717, 1.165) is 36.0 Å². The Labute approximate surface area is 320 Å². The Morgan fingerprint density at radius 1 is 0.906 bits per heavy atom. The average molecular weight is 707 g/mol. The molecule has 1 aromatic heterocycles. The van der Waals surface area contributed by atoms with Gasteiger partial charge in [-0.15, -0.1) is 0 Å². The molecule has 0 saturated heterocycles. The summed E-state index contributed by atoms with van der Waals surface area (Å²) >= 11 is 0. The van der Waals surface area contributed by atoms with Crippen molar-refractivity contribution in [2.24, 2.45) is 17.2 Å². The fraction of sp³-hybridized carbons (Fsp3) is 0.265. The molecule has 3 aromatic carbocycles. The van der Waals surface area contributed by atoms with Crippen LogP contribution in [0.3, 0.4) is 0 Å². The quantitative estimate of drug-likeness (QED) is 0.131. The van der Waals surface area contributed by atoms with Crippen LogP contribution >= 0.6 is 0 Å². The molecule has 0 saturated carbocycles. The van der Waals surface area contributed by atoms with Crippen molar-refractivity contribution in [1.29, 1.82) is 0 Å². The molecule has 0 amide bonds. The molecule has 3 aliphatic carbocycles. The number of allylic oxidation sites excluding steroid dienone is 11. The molecule has 7 N–H and O–H groups in total. The summed E-state index contributed by atoms with van der Waals surface area (Å²) in [6.07, 6.45) is 27.6. The first-order chi connectivity index (χ1) is 26.0. The molecule has 278 valence electrons. The Hall–Kier alpha value is -5.00. The van der Waals surface area contributed by atoms with Gasteiger partial charge in [-0.3, -0.25) is 0 Å². The molecular formula is C49H62N4. The van der Waals surface area contributed by atoms with Crippen LogP contribution in [0.1, 0.15) is 93.3 Å². The molecule has 4 heteroatoms. The van der Waals surface area contributed by atoms with Gasteiger partial charge in [0.25, 0.3) is 0 Å². The number of aromatic nitrogens is 1. The highest BCUT2D eigenvalue weighted by Crippen LogP contribution is 2.46. The Kier molecular flexibility index (Phi) is 17.2. The van der Waals surface area contributed by atoms with Crippen LogP contribution in [-0.2, 0) is 12.0 Å². The highest BCUT2D eigenvalue weighted by atomic mass is 14.9. The highest BCUT2D eigenvalue weighted by molar-refractivity contribution is 6.05. The maximum Gasteiger partial charge on any atom is 0.0861 e. The van der Waals surface area contributed by atoms with Crippen LogP contribution in [0.15, 0.2) is 158 Å². The van der Waals surface area contributed by atoms with Crippen molar-refractivity contribution in [3.05, 3.63) is 191 Å². The van der Waals surface area contributed by atoms with Crippen LogP contribution in [0, 0.1) is 0 Å². The predicted molar refractivity (Wildman–Crippen MR) is 235 cm³/mol. The second-order valence-electron chi connectivity index (χ2n) is 12.4. The molecule has 2 atom stereocenters. The largest absolute Gasteiger partial charge is 0.357 e. The Morgan fingerprint density at radius 2 is 1.55 bits per heavy atom. The van der Waals surface area contributed by atoms with E-state index in [1.165, 1.54) is 52.3 Å². The SMILES string of the molecule is C=C/C=C(\C=C/C1C=Cc2c1[nH]c1ccc3c(c21)C1=C(CCC=C1)C3)C(N)C(N)(c1ccccc1)c1ccccc1.C=C/C=C\CC.CC.CC.CN. The third-order valence-corrected chi connectivity index (χ3v) is 9.54. The summed E-state index contributed by atoms with van der Waals surface area (Å²) < 4.78 is 0. The molecule has 1 heterocycles. The Balaban J connectivity index is 0.000000561. The third kappa shape index (κ3) is 9.33. The number of hydrogen-bond donors (Lipinski definition) is 4. The molecule has 0 bridgehead atoms. The number of nitrogens with one attached hydrogen (secondary N) is 1. The normalized spacial score (nSPS) is 15.9. The first-order valence-corrected chi connectivity index (χ1v) is 19.3. The maximum atomic E-state index is 7.27. The van der Waals surface area contributed by atoms with Crippen molar-refractivity contribution in [2.75, 3.05) is 7.05 Å². The van der Waals surface area contributed by atoms with Gasteiger partial charge in [0, 0.05) is 28.1 Å². The van der Waals surface area contributed by atoms with Crippen LogP contribution in [0.5, 0.6) is 0 Å². The summed E-state index contributed by atoms with van der Waals surface area (Å²) in [5.41, 5.74) is 30.4. The third-order valence-electron chi connectivity index (χ3n) is 9.54. The van der Waals surface area contributed by atoms with Crippen molar-refractivity contribution >= 4 is 22.6 Å². The summed E-state index contributed by atoms with van der Waals surface area (Å²) in [6.45, 7) is 17.6. The van der Waals surface area contributed by atoms with E-state index in [-0.39, 0.29) is 5.92 Å². The molecule has 7 rings (SSSR count). The van der Waals surface area contributed by atoms with Crippen molar-refractivity contribution in [3.63, 3.8) is 0 Å². The van der Waals surface area contributed by atoms with Crippen LogP contribution in [0.2, 0.25) is 0 Å². The number of aromatic amines is 1. The average Bonchev–Trinajstić information content (AvgIpc) is 3.93. The van der Waals surface area contributed by atoms with E-state index in [1.807, 2.05) is 76.2 Å². The minimum atomic E-state index is -0.918. The second kappa shape index (κ2) is 21.5. The fourth-order valence-electron chi connectivity index (χ4n) is 7.17. The number of hydrogen-bond acceptors (Lipinski definition) is 3. The van der Waals surface area contributed by atoms with E-state index in [9.17, 15) is 0 Å². The summed E-state index contributed by atoms with van der Waals surface area (Å²) in [5, 5.41) is 1.36. The molecule has 4 aromatic rings. The van der Waals surface area contributed by atoms with Crippen LogP contribution in [0.4, 0.5) is 0 Å².